The molecule has 1 aliphatic heterocycles. The highest BCUT2D eigenvalue weighted by Gasteiger charge is 2.38. The van der Waals surface area contributed by atoms with Crippen LogP contribution in [0.4, 0.5) is 0 Å². The van der Waals surface area contributed by atoms with Crippen LogP contribution in [0, 0.1) is 5.92 Å². The van der Waals surface area contributed by atoms with Gasteiger partial charge in [0.15, 0.2) is 0 Å². The van der Waals surface area contributed by atoms with E-state index >= 15 is 0 Å². The van der Waals surface area contributed by atoms with Crippen molar-refractivity contribution in [1.29, 1.82) is 0 Å². The second-order valence-electron chi connectivity index (χ2n) is 8.34. The van der Waals surface area contributed by atoms with Crippen LogP contribution < -0.4 is 5.32 Å². The number of halogens is 1. The van der Waals surface area contributed by atoms with Gasteiger partial charge in [-0.05, 0) is 36.0 Å². The molecule has 1 saturated carbocycles. The van der Waals surface area contributed by atoms with Crippen molar-refractivity contribution in [2.45, 2.75) is 56.5 Å². The Morgan fingerprint density at radius 3 is 2.69 bits per heavy atom. The van der Waals surface area contributed by atoms with Gasteiger partial charge in [-0.3, -0.25) is 9.69 Å². The summed E-state index contributed by atoms with van der Waals surface area (Å²) in [6.45, 7) is 2.92. The molecule has 3 unspecified atom stereocenters. The highest BCUT2D eigenvalue weighted by Crippen LogP contribution is 2.44. The van der Waals surface area contributed by atoms with E-state index in [4.69, 9.17) is 11.6 Å². The number of carbonyl (C=O) groups excluding carboxylic acids is 2. The smallest absolute Gasteiger partial charge is 0.328 e. The maximum Gasteiger partial charge on any atom is 0.328 e. The summed E-state index contributed by atoms with van der Waals surface area (Å²) >= 11 is 6.41. The zero-order valence-electron chi connectivity index (χ0n) is 18.0. The van der Waals surface area contributed by atoms with Crippen LogP contribution in [0.3, 0.4) is 0 Å². The molecule has 9 heteroatoms. The van der Waals surface area contributed by atoms with Gasteiger partial charge in [-0.2, -0.15) is 0 Å². The van der Waals surface area contributed by atoms with Crippen LogP contribution in [0.25, 0.3) is 0 Å². The van der Waals surface area contributed by atoms with Crippen molar-refractivity contribution in [3.63, 3.8) is 0 Å². The number of rotatable bonds is 11. The molecular weight excluding hydrogens is 468 g/mol. The minimum atomic E-state index is -0.931. The molecule has 0 aromatic heterocycles. The zero-order chi connectivity index (χ0) is 23.1. The standard InChI is InChI=1S/C23H29ClN2O4S2/c1-15(28)25-18(13-27)14-31-32-22-8-9-26(12-17-4-2-3-5-20(17)24)21(10-16-6-7-16)19(22)11-23(29)30/h2-5,11,13,16,18,21-22H,6-10,12,14H2,1H3,(H,25,28)(H,29,30). The van der Waals surface area contributed by atoms with Crippen molar-refractivity contribution in [2.24, 2.45) is 5.92 Å². The number of aliphatic carboxylic acids is 1. The second-order valence-corrected chi connectivity index (χ2v) is 11.4. The SMILES string of the molecule is CC(=O)NC(C=O)CSSC1CCN(Cc2ccccc2Cl)C(CC2CC2)C1=CC(=O)O. The van der Waals surface area contributed by atoms with E-state index in [1.807, 2.05) is 24.3 Å². The fraction of sp³-hybridized carbons (Fsp3) is 0.522. The molecule has 2 fully saturated rings. The van der Waals surface area contributed by atoms with Gasteiger partial charge in [-0.1, -0.05) is 64.2 Å². The summed E-state index contributed by atoms with van der Waals surface area (Å²) in [6, 6.07) is 7.31. The summed E-state index contributed by atoms with van der Waals surface area (Å²) in [7, 11) is 3.11. The number of hydrogen-bond donors (Lipinski definition) is 2. The first kappa shape index (κ1) is 25.1. The Kier molecular flexibility index (Phi) is 9.52. The molecule has 1 heterocycles. The van der Waals surface area contributed by atoms with Crippen molar-refractivity contribution in [3.05, 3.63) is 46.5 Å². The summed E-state index contributed by atoms with van der Waals surface area (Å²) in [6.07, 6.45) is 6.28. The number of aldehydes is 1. The Labute approximate surface area is 201 Å². The highest BCUT2D eigenvalue weighted by atomic mass is 35.5. The lowest BCUT2D eigenvalue weighted by atomic mass is 9.90. The second kappa shape index (κ2) is 12.1. The number of carbonyl (C=O) groups is 3. The zero-order valence-corrected chi connectivity index (χ0v) is 20.4. The maximum absolute atomic E-state index is 11.7. The fourth-order valence-corrected chi connectivity index (χ4v) is 7.10. The average molecular weight is 497 g/mol. The number of carboxylic acid groups (broad SMARTS) is 1. The minimum Gasteiger partial charge on any atom is -0.478 e. The van der Waals surface area contributed by atoms with Crippen LogP contribution in [0.5, 0.6) is 0 Å². The lowest BCUT2D eigenvalue weighted by Crippen LogP contribution is -2.45. The van der Waals surface area contributed by atoms with Crippen molar-refractivity contribution in [3.8, 4) is 0 Å². The Morgan fingerprint density at radius 2 is 2.06 bits per heavy atom. The quantitative estimate of drug-likeness (QED) is 0.270. The van der Waals surface area contributed by atoms with Gasteiger partial charge in [0.1, 0.15) is 6.29 Å². The summed E-state index contributed by atoms with van der Waals surface area (Å²) in [5.41, 5.74) is 1.98. The lowest BCUT2D eigenvalue weighted by molar-refractivity contribution is -0.131. The van der Waals surface area contributed by atoms with Crippen LogP contribution in [-0.4, -0.2) is 57.8 Å². The first-order valence-corrected chi connectivity index (χ1v) is 13.6. The lowest BCUT2D eigenvalue weighted by Gasteiger charge is -2.41. The molecule has 1 aromatic carbocycles. The largest absolute Gasteiger partial charge is 0.478 e. The van der Waals surface area contributed by atoms with Gasteiger partial charge in [0.2, 0.25) is 5.91 Å². The maximum atomic E-state index is 11.7. The number of nitrogens with zero attached hydrogens (tertiary/aromatic N) is 1. The number of nitrogens with one attached hydrogen (secondary N) is 1. The number of benzene rings is 1. The number of amides is 1. The Morgan fingerprint density at radius 1 is 1.31 bits per heavy atom. The van der Waals surface area contributed by atoms with E-state index in [2.05, 4.69) is 10.2 Å². The number of likely N-dealkylation sites (tertiary alicyclic amines) is 1. The van der Waals surface area contributed by atoms with Crippen LogP contribution >= 0.6 is 33.2 Å². The Balaban J connectivity index is 1.73. The molecule has 32 heavy (non-hydrogen) atoms. The van der Waals surface area contributed by atoms with Crippen LogP contribution in [0.2, 0.25) is 5.02 Å². The number of carboxylic acids is 1. The molecule has 3 rings (SSSR count). The van der Waals surface area contributed by atoms with E-state index in [-0.39, 0.29) is 17.2 Å². The first-order chi connectivity index (χ1) is 15.4. The summed E-state index contributed by atoms with van der Waals surface area (Å²) in [5, 5.41) is 13.0. The summed E-state index contributed by atoms with van der Waals surface area (Å²) in [5.74, 6) is -0.0839. The van der Waals surface area contributed by atoms with E-state index in [1.54, 1.807) is 10.8 Å². The van der Waals surface area contributed by atoms with Crippen molar-refractivity contribution in [1.82, 2.24) is 10.2 Å². The number of hydrogen-bond acceptors (Lipinski definition) is 6. The van der Waals surface area contributed by atoms with Gasteiger partial charge in [-0.25, -0.2) is 4.79 Å². The molecule has 1 amide bonds. The topological polar surface area (TPSA) is 86.7 Å². The van der Waals surface area contributed by atoms with Crippen LogP contribution in [-0.2, 0) is 20.9 Å². The average Bonchev–Trinajstić information content (AvgIpc) is 3.56. The van der Waals surface area contributed by atoms with Crippen LogP contribution in [0.15, 0.2) is 35.9 Å². The summed E-state index contributed by atoms with van der Waals surface area (Å²) < 4.78 is 0. The van der Waals surface area contributed by atoms with Gasteiger partial charge in [-0.15, -0.1) is 0 Å². The van der Waals surface area contributed by atoms with E-state index < -0.39 is 12.0 Å². The van der Waals surface area contributed by atoms with E-state index in [0.29, 0.717) is 18.2 Å². The molecule has 2 N–H and O–H groups in total. The van der Waals surface area contributed by atoms with E-state index in [1.165, 1.54) is 36.6 Å². The summed E-state index contributed by atoms with van der Waals surface area (Å²) in [4.78, 5) is 36.5. The molecule has 0 bridgehead atoms. The fourth-order valence-electron chi connectivity index (χ4n) is 4.03. The highest BCUT2D eigenvalue weighted by molar-refractivity contribution is 8.77. The third-order valence-corrected chi connectivity index (χ3v) is 8.99. The van der Waals surface area contributed by atoms with Gasteiger partial charge in [0.05, 0.1) is 6.04 Å². The molecule has 174 valence electrons. The minimum absolute atomic E-state index is 0.0481. The van der Waals surface area contributed by atoms with E-state index in [9.17, 15) is 19.5 Å². The van der Waals surface area contributed by atoms with Crippen LogP contribution in [0.1, 0.15) is 38.2 Å². The van der Waals surface area contributed by atoms with Gasteiger partial charge >= 0.3 is 5.97 Å². The van der Waals surface area contributed by atoms with Crippen molar-refractivity contribution in [2.75, 3.05) is 12.3 Å². The van der Waals surface area contributed by atoms with Gasteiger partial charge < -0.3 is 15.2 Å². The predicted molar refractivity (Wildman–Crippen MR) is 131 cm³/mol. The molecule has 0 spiro atoms. The van der Waals surface area contributed by atoms with E-state index in [0.717, 1.165) is 41.8 Å². The predicted octanol–water partition coefficient (Wildman–Crippen LogP) is 4.18. The molecule has 1 aliphatic carbocycles. The van der Waals surface area contributed by atoms with Crippen molar-refractivity contribution < 1.29 is 19.5 Å². The number of piperidine rings is 1. The molecule has 1 saturated heterocycles. The monoisotopic (exact) mass is 496 g/mol. The molecule has 3 atom stereocenters. The van der Waals surface area contributed by atoms with Crippen molar-refractivity contribution >= 4 is 51.4 Å². The molecule has 0 radical (unpaired) electrons. The third-order valence-electron chi connectivity index (χ3n) is 5.74. The van der Waals surface area contributed by atoms with Gasteiger partial charge in [0.25, 0.3) is 0 Å². The molecular formula is C23H29ClN2O4S2. The normalized spacial score (nSPS) is 23.6. The third kappa shape index (κ3) is 7.54. The molecule has 1 aromatic rings. The molecule has 6 nitrogen and oxygen atoms in total. The van der Waals surface area contributed by atoms with Gasteiger partial charge in [0, 0.05) is 48.2 Å². The first-order valence-electron chi connectivity index (χ1n) is 10.8. The Hall–Kier alpha value is -1.48. The Bertz CT molecular complexity index is 862. The molecule has 2 aliphatic rings.